The Kier molecular flexibility index (Phi) is 5.28. The van der Waals surface area contributed by atoms with Crippen LogP contribution in [0.1, 0.15) is 21.7 Å². The van der Waals surface area contributed by atoms with Gasteiger partial charge in [0, 0.05) is 24.0 Å². The Morgan fingerprint density at radius 2 is 1.85 bits per heavy atom. The van der Waals surface area contributed by atoms with Gasteiger partial charge in [0.1, 0.15) is 5.58 Å². The molecule has 0 saturated carbocycles. The summed E-state index contributed by atoms with van der Waals surface area (Å²) in [5, 5.41) is 1.25. The number of aryl methyl sites for hydroxylation is 1. The van der Waals surface area contributed by atoms with Crippen LogP contribution in [0.4, 0.5) is 0 Å². The van der Waals surface area contributed by atoms with Gasteiger partial charge in [-0.1, -0.05) is 41.4 Å². The highest BCUT2D eigenvalue weighted by atomic mass is 35.5. The van der Waals surface area contributed by atoms with Gasteiger partial charge in [0.05, 0.1) is 0 Å². The molecule has 1 aromatic heterocycles. The van der Waals surface area contributed by atoms with Crippen LogP contribution in [0.5, 0.6) is 0 Å². The van der Waals surface area contributed by atoms with Crippen LogP contribution in [0, 0.1) is 6.92 Å². The SMILES string of the molecule is Cc1ccc(CN(C)C(=O)COC(=O)c2cc3cc(Cl)ccc3o2)cc1. The van der Waals surface area contributed by atoms with Crippen molar-refractivity contribution in [3.8, 4) is 0 Å². The molecule has 5 nitrogen and oxygen atoms in total. The van der Waals surface area contributed by atoms with Gasteiger partial charge in [-0.3, -0.25) is 4.79 Å². The van der Waals surface area contributed by atoms with Gasteiger partial charge in [0.2, 0.25) is 5.76 Å². The number of furan rings is 1. The van der Waals surface area contributed by atoms with E-state index in [-0.39, 0.29) is 18.3 Å². The van der Waals surface area contributed by atoms with Gasteiger partial charge < -0.3 is 14.1 Å². The number of nitrogens with zero attached hydrogens (tertiary/aromatic N) is 1. The van der Waals surface area contributed by atoms with E-state index >= 15 is 0 Å². The van der Waals surface area contributed by atoms with E-state index in [4.69, 9.17) is 20.8 Å². The molecule has 0 fully saturated rings. The van der Waals surface area contributed by atoms with Crippen molar-refractivity contribution in [2.45, 2.75) is 13.5 Å². The molecule has 0 aliphatic carbocycles. The molecule has 0 radical (unpaired) electrons. The Bertz CT molecular complexity index is 946. The van der Waals surface area contributed by atoms with Crippen LogP contribution in [-0.4, -0.2) is 30.4 Å². The van der Waals surface area contributed by atoms with Crippen LogP contribution >= 0.6 is 11.6 Å². The van der Waals surface area contributed by atoms with Gasteiger partial charge in [-0.05, 0) is 36.8 Å². The third-order valence-corrected chi connectivity index (χ3v) is 4.21. The number of hydrogen-bond donors (Lipinski definition) is 0. The first-order valence-electron chi connectivity index (χ1n) is 8.08. The normalized spacial score (nSPS) is 10.7. The zero-order valence-electron chi connectivity index (χ0n) is 14.5. The van der Waals surface area contributed by atoms with Gasteiger partial charge in [-0.2, -0.15) is 0 Å². The zero-order chi connectivity index (χ0) is 18.7. The molecule has 1 amide bonds. The van der Waals surface area contributed by atoms with E-state index < -0.39 is 5.97 Å². The maximum absolute atomic E-state index is 12.2. The summed E-state index contributed by atoms with van der Waals surface area (Å²) in [5.41, 5.74) is 2.69. The van der Waals surface area contributed by atoms with Crippen molar-refractivity contribution in [2.24, 2.45) is 0 Å². The van der Waals surface area contributed by atoms with Crippen LogP contribution in [0.2, 0.25) is 5.02 Å². The highest BCUT2D eigenvalue weighted by molar-refractivity contribution is 6.31. The Hall–Kier alpha value is -2.79. The van der Waals surface area contributed by atoms with Crippen molar-refractivity contribution in [3.05, 3.63) is 70.4 Å². The first-order valence-corrected chi connectivity index (χ1v) is 8.46. The molecule has 3 rings (SSSR count). The number of hydrogen-bond acceptors (Lipinski definition) is 4. The molecule has 0 unspecified atom stereocenters. The number of rotatable bonds is 5. The molecule has 0 aliphatic heterocycles. The lowest BCUT2D eigenvalue weighted by Gasteiger charge is -2.17. The van der Waals surface area contributed by atoms with E-state index in [0.717, 1.165) is 11.1 Å². The van der Waals surface area contributed by atoms with Gasteiger partial charge in [0.15, 0.2) is 6.61 Å². The average Bonchev–Trinajstić information content (AvgIpc) is 3.04. The largest absolute Gasteiger partial charge is 0.450 e. The van der Waals surface area contributed by atoms with Crippen molar-refractivity contribution in [1.82, 2.24) is 4.90 Å². The van der Waals surface area contributed by atoms with Gasteiger partial charge >= 0.3 is 5.97 Å². The van der Waals surface area contributed by atoms with Crippen LogP contribution < -0.4 is 0 Å². The summed E-state index contributed by atoms with van der Waals surface area (Å²) in [4.78, 5) is 25.8. The summed E-state index contributed by atoms with van der Waals surface area (Å²) >= 11 is 5.91. The number of fused-ring (bicyclic) bond motifs is 1. The first-order chi connectivity index (χ1) is 12.4. The number of ether oxygens (including phenoxy) is 1. The van der Waals surface area contributed by atoms with Crippen LogP contribution in [0.15, 0.2) is 52.9 Å². The lowest BCUT2D eigenvalue weighted by atomic mass is 10.1. The lowest BCUT2D eigenvalue weighted by molar-refractivity contribution is -0.133. The molecule has 2 aromatic carbocycles. The van der Waals surface area contributed by atoms with Crippen molar-refractivity contribution in [1.29, 1.82) is 0 Å². The molecular weight excluding hydrogens is 354 g/mol. The smallest absolute Gasteiger partial charge is 0.374 e. The molecule has 0 aliphatic rings. The predicted molar refractivity (Wildman–Crippen MR) is 99.2 cm³/mol. The summed E-state index contributed by atoms with van der Waals surface area (Å²) in [7, 11) is 1.67. The van der Waals surface area contributed by atoms with E-state index in [9.17, 15) is 9.59 Å². The minimum absolute atomic E-state index is 0.0382. The molecule has 0 spiro atoms. The molecule has 6 heteroatoms. The summed E-state index contributed by atoms with van der Waals surface area (Å²) in [6.45, 7) is 2.10. The summed E-state index contributed by atoms with van der Waals surface area (Å²) in [6, 6.07) is 14.5. The summed E-state index contributed by atoms with van der Waals surface area (Å²) < 4.78 is 10.5. The molecule has 0 atom stereocenters. The minimum atomic E-state index is -0.686. The monoisotopic (exact) mass is 371 g/mol. The van der Waals surface area contributed by atoms with Crippen molar-refractivity contribution in [3.63, 3.8) is 0 Å². The zero-order valence-corrected chi connectivity index (χ0v) is 15.2. The molecule has 26 heavy (non-hydrogen) atoms. The van der Waals surface area contributed by atoms with E-state index in [2.05, 4.69) is 0 Å². The number of likely N-dealkylation sites (N-methyl/N-ethyl adjacent to an activating group) is 1. The second-order valence-corrected chi connectivity index (χ2v) is 6.54. The second kappa shape index (κ2) is 7.62. The highest BCUT2D eigenvalue weighted by Crippen LogP contribution is 2.23. The number of amides is 1. The van der Waals surface area contributed by atoms with Crippen molar-refractivity contribution < 1.29 is 18.7 Å². The fourth-order valence-corrected chi connectivity index (χ4v) is 2.66. The molecular formula is C20H18ClNO4. The third-order valence-electron chi connectivity index (χ3n) is 3.97. The first kappa shape index (κ1) is 18.0. The molecule has 0 saturated heterocycles. The molecule has 1 heterocycles. The Balaban J connectivity index is 1.57. The van der Waals surface area contributed by atoms with E-state index in [1.165, 1.54) is 4.90 Å². The lowest BCUT2D eigenvalue weighted by Crippen LogP contribution is -2.30. The van der Waals surface area contributed by atoms with E-state index in [1.807, 2.05) is 31.2 Å². The fraction of sp³-hybridized carbons (Fsp3) is 0.200. The average molecular weight is 372 g/mol. The van der Waals surface area contributed by atoms with Crippen molar-refractivity contribution in [2.75, 3.05) is 13.7 Å². The number of esters is 1. The fourth-order valence-electron chi connectivity index (χ4n) is 2.48. The number of carbonyl (C=O) groups is 2. The van der Waals surface area contributed by atoms with Crippen LogP contribution in [0.3, 0.4) is 0 Å². The molecule has 0 bridgehead atoms. The third kappa shape index (κ3) is 4.24. The highest BCUT2D eigenvalue weighted by Gasteiger charge is 2.17. The topological polar surface area (TPSA) is 59.8 Å². The van der Waals surface area contributed by atoms with Crippen molar-refractivity contribution >= 4 is 34.4 Å². The van der Waals surface area contributed by atoms with E-state index in [0.29, 0.717) is 22.5 Å². The van der Waals surface area contributed by atoms with Gasteiger partial charge in [-0.15, -0.1) is 0 Å². The molecule has 134 valence electrons. The Morgan fingerprint density at radius 1 is 1.12 bits per heavy atom. The van der Waals surface area contributed by atoms with Gasteiger partial charge in [0.25, 0.3) is 5.91 Å². The Labute approximate surface area is 156 Å². The molecule has 0 N–H and O–H groups in total. The quantitative estimate of drug-likeness (QED) is 0.630. The molecule has 3 aromatic rings. The Morgan fingerprint density at radius 3 is 2.58 bits per heavy atom. The summed E-state index contributed by atoms with van der Waals surface area (Å²) in [5.74, 6) is -0.941. The van der Waals surface area contributed by atoms with Crippen LogP contribution in [0.25, 0.3) is 11.0 Å². The summed E-state index contributed by atoms with van der Waals surface area (Å²) in [6.07, 6.45) is 0. The number of benzene rings is 2. The standard InChI is InChI=1S/C20H18ClNO4/c1-13-3-5-14(6-4-13)11-22(2)19(23)12-25-20(24)18-10-15-9-16(21)7-8-17(15)26-18/h3-10H,11-12H2,1-2H3. The second-order valence-electron chi connectivity index (χ2n) is 6.10. The maximum atomic E-state index is 12.2. The van der Waals surface area contributed by atoms with Gasteiger partial charge in [-0.25, -0.2) is 4.79 Å². The minimum Gasteiger partial charge on any atom is -0.450 e. The predicted octanol–water partition coefficient (Wildman–Crippen LogP) is 4.21. The number of halogens is 1. The maximum Gasteiger partial charge on any atom is 0.374 e. The number of carbonyl (C=O) groups excluding carboxylic acids is 2. The van der Waals surface area contributed by atoms with Crippen LogP contribution in [-0.2, 0) is 16.1 Å². The van der Waals surface area contributed by atoms with E-state index in [1.54, 1.807) is 31.3 Å².